The van der Waals surface area contributed by atoms with Crippen molar-refractivity contribution in [2.75, 3.05) is 0 Å². The van der Waals surface area contributed by atoms with Gasteiger partial charge in [0.05, 0.1) is 5.92 Å². The monoisotopic (exact) mass is 374 g/mol. The lowest BCUT2D eigenvalue weighted by Gasteiger charge is -2.28. The quantitative estimate of drug-likeness (QED) is 0.421. The number of hydrogen-bond donors (Lipinski definition) is 0. The van der Waals surface area contributed by atoms with Gasteiger partial charge in [0.1, 0.15) is 0 Å². The lowest BCUT2D eigenvalue weighted by atomic mass is 9.81. The number of carbonyl (C=O) groups is 1. The zero-order chi connectivity index (χ0) is 18.9. The van der Waals surface area contributed by atoms with Crippen LogP contribution in [0.5, 0.6) is 0 Å². The van der Waals surface area contributed by atoms with Gasteiger partial charge in [0.25, 0.3) is 0 Å². The van der Waals surface area contributed by atoms with Crippen molar-refractivity contribution >= 4 is 17.4 Å². The number of allylic oxidation sites excluding steroid dienone is 2. The lowest BCUT2D eigenvalue weighted by molar-refractivity contribution is -0.00145. The van der Waals surface area contributed by atoms with Gasteiger partial charge in [0.2, 0.25) is 5.78 Å². The van der Waals surface area contributed by atoms with E-state index >= 15 is 8.78 Å². The first kappa shape index (κ1) is 18.8. The largest absolute Gasteiger partial charge is 0.320 e. The zero-order valence-corrected chi connectivity index (χ0v) is 15.6. The number of hydrogen-bond acceptors (Lipinski definition) is 1. The van der Waals surface area contributed by atoms with Crippen molar-refractivity contribution in [3.8, 4) is 0 Å². The Bertz CT molecular complexity index is 823. The van der Waals surface area contributed by atoms with Crippen LogP contribution in [0.3, 0.4) is 0 Å². The molecule has 0 bridgehead atoms. The minimum absolute atomic E-state index is 0.0225. The van der Waals surface area contributed by atoms with Gasteiger partial charge in [-0.3, -0.25) is 4.79 Å². The van der Waals surface area contributed by atoms with Crippen molar-refractivity contribution in [1.82, 2.24) is 0 Å². The van der Waals surface area contributed by atoms with Crippen LogP contribution >= 0.6 is 11.6 Å². The second-order valence-corrected chi connectivity index (χ2v) is 7.95. The van der Waals surface area contributed by atoms with E-state index in [-0.39, 0.29) is 11.0 Å². The van der Waals surface area contributed by atoms with Crippen molar-refractivity contribution < 1.29 is 13.6 Å². The number of rotatable bonds is 5. The maximum absolute atomic E-state index is 15.4. The molecule has 1 aliphatic carbocycles. The molecule has 0 saturated carbocycles. The predicted molar refractivity (Wildman–Crippen MR) is 101 cm³/mol. The van der Waals surface area contributed by atoms with E-state index < -0.39 is 17.6 Å². The summed E-state index contributed by atoms with van der Waals surface area (Å²) >= 11 is 5.92. The zero-order valence-electron chi connectivity index (χ0n) is 14.8. The molecule has 0 fully saturated rings. The van der Waals surface area contributed by atoms with Crippen molar-refractivity contribution in [3.05, 3.63) is 82.4 Å². The minimum atomic E-state index is -3.54. The molecular formula is C22H21ClF2O. The van der Waals surface area contributed by atoms with Crippen molar-refractivity contribution in [3.63, 3.8) is 0 Å². The highest BCUT2D eigenvalue weighted by Crippen LogP contribution is 2.48. The maximum atomic E-state index is 15.4. The van der Waals surface area contributed by atoms with Crippen molar-refractivity contribution in [2.24, 2.45) is 5.41 Å². The van der Waals surface area contributed by atoms with E-state index in [9.17, 15) is 4.79 Å². The summed E-state index contributed by atoms with van der Waals surface area (Å²) in [4.78, 5) is 12.7. The van der Waals surface area contributed by atoms with E-state index in [2.05, 4.69) is 0 Å². The van der Waals surface area contributed by atoms with Crippen LogP contribution in [-0.4, -0.2) is 11.7 Å². The fraction of sp³-hybridized carbons (Fsp3) is 0.318. The number of halogens is 3. The van der Waals surface area contributed by atoms with Crippen LogP contribution in [0, 0.1) is 5.41 Å². The smallest absolute Gasteiger partial charge is 0.287 e. The molecule has 0 heterocycles. The first-order valence-electron chi connectivity index (χ1n) is 8.65. The van der Waals surface area contributed by atoms with Gasteiger partial charge >= 0.3 is 5.92 Å². The van der Waals surface area contributed by atoms with Crippen LogP contribution < -0.4 is 0 Å². The van der Waals surface area contributed by atoms with E-state index in [0.29, 0.717) is 22.6 Å². The summed E-state index contributed by atoms with van der Waals surface area (Å²) in [5.41, 5.74) is 0.903. The van der Waals surface area contributed by atoms with Gasteiger partial charge in [-0.05, 0) is 36.0 Å². The number of Topliss-reactive ketones (excluding diaryl/α,β-unsaturated/α-hetero) is 1. The minimum Gasteiger partial charge on any atom is -0.287 e. The molecule has 2 aromatic rings. The van der Waals surface area contributed by atoms with E-state index in [1.165, 1.54) is 12.1 Å². The molecule has 0 spiro atoms. The first-order valence-corrected chi connectivity index (χ1v) is 9.03. The molecule has 136 valence electrons. The Morgan fingerprint density at radius 2 is 1.69 bits per heavy atom. The number of alkyl halides is 2. The Morgan fingerprint density at radius 1 is 1.08 bits per heavy atom. The average molecular weight is 375 g/mol. The Hall–Kier alpha value is -2.00. The predicted octanol–water partition coefficient (Wildman–Crippen LogP) is 6.69. The molecule has 0 amide bonds. The summed E-state index contributed by atoms with van der Waals surface area (Å²) in [5.74, 6) is -5.97. The highest BCUT2D eigenvalue weighted by Gasteiger charge is 2.50. The topological polar surface area (TPSA) is 17.1 Å². The highest BCUT2D eigenvalue weighted by atomic mass is 35.5. The fourth-order valence-corrected chi connectivity index (χ4v) is 3.69. The van der Waals surface area contributed by atoms with Crippen LogP contribution in [-0.2, 0) is 0 Å². The Kier molecular flexibility index (Phi) is 5.03. The summed E-state index contributed by atoms with van der Waals surface area (Å²) < 4.78 is 30.9. The molecule has 1 atom stereocenters. The number of benzene rings is 2. The highest BCUT2D eigenvalue weighted by molar-refractivity contribution is 6.30. The fourth-order valence-electron chi connectivity index (χ4n) is 3.56. The second kappa shape index (κ2) is 6.96. The van der Waals surface area contributed by atoms with Gasteiger partial charge in [-0.1, -0.05) is 79.6 Å². The van der Waals surface area contributed by atoms with Gasteiger partial charge in [0.15, 0.2) is 0 Å². The van der Waals surface area contributed by atoms with E-state index in [0.717, 1.165) is 6.42 Å². The summed E-state index contributed by atoms with van der Waals surface area (Å²) in [6.07, 6.45) is 3.25. The lowest BCUT2D eigenvalue weighted by Crippen LogP contribution is -2.37. The van der Waals surface area contributed by atoms with Crippen LogP contribution in [0.2, 0.25) is 5.02 Å². The number of ketones is 1. The molecule has 0 radical (unpaired) electrons. The van der Waals surface area contributed by atoms with Gasteiger partial charge in [-0.25, -0.2) is 0 Å². The van der Waals surface area contributed by atoms with Gasteiger partial charge in [-0.2, -0.15) is 8.78 Å². The molecule has 0 saturated heterocycles. The summed E-state index contributed by atoms with van der Waals surface area (Å²) in [6.45, 7) is 4.05. The molecule has 26 heavy (non-hydrogen) atoms. The van der Waals surface area contributed by atoms with Crippen molar-refractivity contribution in [2.45, 2.75) is 38.5 Å². The molecule has 1 nitrogen and oxygen atoms in total. The number of carbonyl (C=O) groups excluding carboxylic acids is 1. The third-order valence-electron chi connectivity index (χ3n) is 4.91. The summed E-state index contributed by atoms with van der Waals surface area (Å²) in [6, 6.07) is 14.1. The molecule has 4 heteroatoms. The van der Waals surface area contributed by atoms with E-state index in [4.69, 9.17) is 11.6 Å². The van der Waals surface area contributed by atoms with Crippen LogP contribution in [0.1, 0.15) is 48.5 Å². The van der Waals surface area contributed by atoms with Gasteiger partial charge in [0, 0.05) is 10.6 Å². The molecule has 0 aromatic heterocycles. The molecule has 0 N–H and O–H groups in total. The van der Waals surface area contributed by atoms with Crippen molar-refractivity contribution in [1.29, 1.82) is 0 Å². The van der Waals surface area contributed by atoms with Gasteiger partial charge < -0.3 is 0 Å². The first-order chi connectivity index (χ1) is 12.2. The summed E-state index contributed by atoms with van der Waals surface area (Å²) in [7, 11) is 0. The van der Waals surface area contributed by atoms with Crippen LogP contribution in [0.4, 0.5) is 8.78 Å². The Labute approximate surface area is 157 Å². The van der Waals surface area contributed by atoms with Crippen LogP contribution in [0.15, 0.2) is 66.2 Å². The third kappa shape index (κ3) is 3.73. The SMILES string of the molecule is CC1(C)C=C(C(c2ccc(Cl)cc2)C(F)(F)C(=O)c2ccccc2)CC1. The second-order valence-electron chi connectivity index (χ2n) is 7.51. The molecule has 0 aliphatic heterocycles. The molecule has 3 rings (SSSR count). The normalized spacial score (nSPS) is 17.7. The maximum Gasteiger partial charge on any atom is 0.320 e. The average Bonchev–Trinajstić information content (AvgIpc) is 2.96. The third-order valence-corrected chi connectivity index (χ3v) is 5.16. The Balaban J connectivity index is 2.08. The van der Waals surface area contributed by atoms with Crippen LogP contribution in [0.25, 0.3) is 0 Å². The van der Waals surface area contributed by atoms with Gasteiger partial charge in [-0.15, -0.1) is 0 Å². The summed E-state index contributed by atoms with van der Waals surface area (Å²) in [5, 5.41) is 0.478. The van der Waals surface area contributed by atoms with E-state index in [1.807, 2.05) is 19.9 Å². The van der Waals surface area contributed by atoms with E-state index in [1.54, 1.807) is 42.5 Å². The molecular weight excluding hydrogens is 354 g/mol. The molecule has 1 unspecified atom stereocenters. The molecule has 1 aliphatic rings. The Morgan fingerprint density at radius 3 is 2.23 bits per heavy atom. The molecule has 2 aromatic carbocycles. The standard InChI is InChI=1S/C22H21ClF2O/c1-21(2)13-12-17(14-21)19(15-8-10-18(23)11-9-15)22(24,25)20(26)16-6-4-3-5-7-16/h3-11,14,19H,12-13H2,1-2H3.